The van der Waals surface area contributed by atoms with E-state index < -0.39 is 34.9 Å². The summed E-state index contributed by atoms with van der Waals surface area (Å²) >= 11 is 2.28. The number of fused-ring (bicyclic) bond motifs is 1. The fourth-order valence-electron chi connectivity index (χ4n) is 4.61. The first kappa shape index (κ1) is 26.2. The number of carbonyl (C=O) groups is 4. The Labute approximate surface area is 229 Å². The van der Waals surface area contributed by atoms with Gasteiger partial charge in [0.25, 0.3) is 11.8 Å². The van der Waals surface area contributed by atoms with Crippen molar-refractivity contribution in [1.29, 1.82) is 0 Å². The van der Waals surface area contributed by atoms with Gasteiger partial charge in [0.15, 0.2) is 10.8 Å². The Kier molecular flexibility index (Phi) is 7.01. The van der Waals surface area contributed by atoms with Gasteiger partial charge in [-0.1, -0.05) is 17.3 Å². The van der Waals surface area contributed by atoms with Gasteiger partial charge in [-0.2, -0.15) is 0 Å². The van der Waals surface area contributed by atoms with Gasteiger partial charge in [-0.15, -0.1) is 23.1 Å². The average Bonchev–Trinajstić information content (AvgIpc) is 3.48. The van der Waals surface area contributed by atoms with Gasteiger partial charge in [0.05, 0.1) is 0 Å². The molecule has 5 rings (SSSR count). The molecule has 202 valence electrons. The lowest BCUT2D eigenvalue weighted by atomic mass is 10.0. The summed E-state index contributed by atoms with van der Waals surface area (Å²) in [5.41, 5.74) is 6.44. The number of thiazole rings is 1. The number of hydrogen-bond donors (Lipinski definition) is 5. The van der Waals surface area contributed by atoms with E-state index in [1.165, 1.54) is 29.3 Å². The largest absolute Gasteiger partial charge is 0.508 e. The van der Waals surface area contributed by atoms with Crippen LogP contribution in [0.1, 0.15) is 17.7 Å². The summed E-state index contributed by atoms with van der Waals surface area (Å²) in [5, 5.41) is 35.3. The first-order valence-electron chi connectivity index (χ1n) is 11.6. The number of aromatic hydroxyl groups is 1. The van der Waals surface area contributed by atoms with Crippen LogP contribution in [0.3, 0.4) is 0 Å². The number of allylic oxidation sites excluding steroid dienone is 1. The molecule has 15 heteroatoms. The second-order valence-corrected chi connectivity index (χ2v) is 10.9. The number of anilines is 1. The van der Waals surface area contributed by atoms with E-state index >= 15 is 0 Å². The van der Waals surface area contributed by atoms with Crippen LogP contribution in [0.2, 0.25) is 0 Å². The molecule has 2 fully saturated rings. The molecule has 0 bridgehead atoms. The smallest absolute Gasteiger partial charge is 0.352 e. The molecule has 3 amide bonds. The van der Waals surface area contributed by atoms with Gasteiger partial charge < -0.3 is 31.4 Å². The molecule has 3 aliphatic heterocycles. The number of nitrogens with zero attached hydrogens (tertiary/aromatic N) is 4. The Morgan fingerprint density at radius 3 is 2.77 bits per heavy atom. The van der Waals surface area contributed by atoms with Crippen molar-refractivity contribution in [2.24, 2.45) is 5.16 Å². The highest BCUT2D eigenvalue weighted by atomic mass is 32.2. The number of hydrogen-bond acceptors (Lipinski definition) is 11. The minimum atomic E-state index is -1.33. The second-order valence-electron chi connectivity index (χ2n) is 8.88. The molecule has 2 atom stereocenters. The maximum Gasteiger partial charge on any atom is 0.352 e. The monoisotopic (exact) mass is 570 g/mol. The minimum absolute atomic E-state index is 0.0387. The number of thioether (sulfide) groups is 1. The van der Waals surface area contributed by atoms with Gasteiger partial charge in [0.2, 0.25) is 5.91 Å². The van der Waals surface area contributed by atoms with Gasteiger partial charge in [-0.25, -0.2) is 9.78 Å². The number of aromatic nitrogens is 1. The molecule has 3 aliphatic rings. The molecule has 39 heavy (non-hydrogen) atoms. The van der Waals surface area contributed by atoms with Gasteiger partial charge in [-0.3, -0.25) is 19.3 Å². The topological polar surface area (TPSA) is 199 Å². The molecule has 0 radical (unpaired) electrons. The van der Waals surface area contributed by atoms with E-state index in [0.717, 1.165) is 21.8 Å². The van der Waals surface area contributed by atoms with Crippen LogP contribution >= 0.6 is 23.1 Å². The number of β-lactam (4-membered cyclic amide) rings is 1. The molecule has 0 aliphatic carbocycles. The average molecular weight is 571 g/mol. The third kappa shape index (κ3) is 4.93. The summed E-state index contributed by atoms with van der Waals surface area (Å²) in [6, 6.07) is 5.55. The Morgan fingerprint density at radius 2 is 2.10 bits per heavy atom. The number of amides is 3. The van der Waals surface area contributed by atoms with Crippen molar-refractivity contribution < 1.29 is 34.6 Å². The Bertz CT molecular complexity index is 1480. The highest BCUT2D eigenvalue weighted by Crippen LogP contribution is 2.41. The number of carboxylic acids is 1. The Balaban J connectivity index is 1.32. The SMILES string of the molecule is Nc1nc(/C(=N/O)C(=O)N[C@@H]2C(=O)N3C(C(=O)O)=C(C=C4CCN(Cc5cccc(O)c5)C4=O)CS[C@H]23)cs1. The lowest BCUT2D eigenvalue weighted by molar-refractivity contribution is -0.150. The maximum atomic E-state index is 13.0. The summed E-state index contributed by atoms with van der Waals surface area (Å²) in [6.07, 6.45) is 1.93. The molecule has 2 saturated heterocycles. The standard InChI is InChI=1S/C24H22N6O7S2/c25-24-26-15(10-39-24)16(28-37)19(32)27-17-21(34)30-18(23(35)36)13(9-38-22(17)30)7-12-4-5-29(20(12)33)8-11-2-1-3-14(31)6-11/h1-3,6-7,10,17,22,31,37H,4-5,8-9H2,(H2,25,26)(H,27,32)(H,35,36)/b12-7?,28-16-/t17-,22-/m1/s1. The van der Waals surface area contributed by atoms with Crippen molar-refractivity contribution in [2.75, 3.05) is 18.0 Å². The summed E-state index contributed by atoms with van der Waals surface area (Å²) in [6.45, 7) is 0.729. The van der Waals surface area contributed by atoms with Gasteiger partial charge in [0, 0.05) is 29.8 Å². The molecule has 1 aromatic heterocycles. The van der Waals surface area contributed by atoms with E-state index in [0.29, 0.717) is 30.7 Å². The fraction of sp³-hybridized carbons (Fsp3) is 0.250. The molecule has 2 aromatic rings. The quantitative estimate of drug-likeness (QED) is 0.104. The lowest BCUT2D eigenvalue weighted by Gasteiger charge is -2.49. The minimum Gasteiger partial charge on any atom is -0.508 e. The zero-order chi connectivity index (χ0) is 27.8. The van der Waals surface area contributed by atoms with E-state index in [-0.39, 0.29) is 33.9 Å². The second kappa shape index (κ2) is 10.4. The molecule has 6 N–H and O–H groups in total. The zero-order valence-electron chi connectivity index (χ0n) is 20.1. The summed E-state index contributed by atoms with van der Waals surface area (Å²) < 4.78 is 0. The number of nitrogens with two attached hydrogens (primary N) is 1. The molecule has 0 saturated carbocycles. The number of carboxylic acid groups (broad SMARTS) is 1. The molecule has 4 heterocycles. The third-order valence-corrected chi connectivity index (χ3v) is 8.39. The number of aliphatic carboxylic acids is 1. The van der Waals surface area contributed by atoms with E-state index in [4.69, 9.17) is 5.73 Å². The molecular formula is C24H22N6O7S2. The maximum absolute atomic E-state index is 13.0. The lowest BCUT2D eigenvalue weighted by Crippen LogP contribution is -2.71. The Morgan fingerprint density at radius 1 is 1.31 bits per heavy atom. The van der Waals surface area contributed by atoms with Crippen molar-refractivity contribution >= 4 is 57.6 Å². The van der Waals surface area contributed by atoms with E-state index in [2.05, 4.69) is 15.5 Å². The van der Waals surface area contributed by atoms with E-state index in [1.807, 2.05) is 0 Å². The number of nitrogen functional groups attached to an aromatic ring is 1. The van der Waals surface area contributed by atoms with Crippen LogP contribution in [0.15, 0.2) is 57.7 Å². The van der Waals surface area contributed by atoms with Gasteiger partial charge in [0.1, 0.15) is 28.6 Å². The van der Waals surface area contributed by atoms with Crippen LogP contribution in [0.4, 0.5) is 5.13 Å². The van der Waals surface area contributed by atoms with Crippen molar-refractivity contribution in [1.82, 2.24) is 20.1 Å². The number of phenols is 1. The number of carbonyl (C=O) groups excluding carboxylic acids is 3. The number of oxime groups is 1. The highest BCUT2D eigenvalue weighted by molar-refractivity contribution is 8.00. The van der Waals surface area contributed by atoms with E-state index in [1.54, 1.807) is 23.1 Å². The number of likely N-dealkylation sites (tertiary alicyclic amines) is 1. The van der Waals surface area contributed by atoms with Crippen LogP contribution in [-0.2, 0) is 25.7 Å². The zero-order valence-corrected chi connectivity index (χ0v) is 21.7. The third-order valence-electron chi connectivity index (χ3n) is 6.41. The first-order chi connectivity index (χ1) is 18.7. The van der Waals surface area contributed by atoms with Gasteiger partial charge in [-0.05, 0) is 35.8 Å². The number of phenolic OH excluding ortho intramolecular Hbond substituents is 1. The van der Waals surface area contributed by atoms with Crippen LogP contribution in [0.25, 0.3) is 0 Å². The highest BCUT2D eigenvalue weighted by Gasteiger charge is 2.54. The first-order valence-corrected chi connectivity index (χ1v) is 13.5. The van der Waals surface area contributed by atoms with Crippen molar-refractivity contribution in [3.05, 3.63) is 63.8 Å². The van der Waals surface area contributed by atoms with Crippen LogP contribution in [0.5, 0.6) is 5.75 Å². The van der Waals surface area contributed by atoms with E-state index in [9.17, 15) is 34.6 Å². The van der Waals surface area contributed by atoms with Crippen molar-refractivity contribution in [3.63, 3.8) is 0 Å². The number of benzene rings is 1. The predicted molar refractivity (Wildman–Crippen MR) is 141 cm³/mol. The van der Waals surface area contributed by atoms with Crippen LogP contribution in [-0.4, -0.2) is 83.3 Å². The van der Waals surface area contributed by atoms with Crippen LogP contribution < -0.4 is 11.1 Å². The van der Waals surface area contributed by atoms with Gasteiger partial charge >= 0.3 is 5.97 Å². The number of nitrogens with one attached hydrogen (secondary N) is 1. The molecule has 0 unspecified atom stereocenters. The molecule has 13 nitrogen and oxygen atoms in total. The number of rotatable bonds is 7. The molecular weight excluding hydrogens is 548 g/mol. The normalized spacial score (nSPS) is 22.3. The van der Waals surface area contributed by atoms with Crippen molar-refractivity contribution in [2.45, 2.75) is 24.4 Å². The molecule has 0 spiro atoms. The Hall–Kier alpha value is -4.37. The summed E-state index contributed by atoms with van der Waals surface area (Å²) in [5.74, 6) is -2.80. The summed E-state index contributed by atoms with van der Waals surface area (Å²) in [4.78, 5) is 57.5. The van der Waals surface area contributed by atoms with Crippen molar-refractivity contribution in [3.8, 4) is 5.75 Å². The molecule has 1 aromatic carbocycles. The summed E-state index contributed by atoms with van der Waals surface area (Å²) in [7, 11) is 0. The van der Waals surface area contributed by atoms with Crippen LogP contribution in [0, 0.1) is 0 Å². The fourth-order valence-corrected chi connectivity index (χ4v) is 6.46. The predicted octanol–water partition coefficient (Wildman–Crippen LogP) is 0.707.